The van der Waals surface area contributed by atoms with Crippen LogP contribution in [0.2, 0.25) is 0 Å². The molecule has 27 heavy (non-hydrogen) atoms. The third kappa shape index (κ3) is 4.68. The van der Waals surface area contributed by atoms with Crippen molar-refractivity contribution in [1.29, 1.82) is 0 Å². The molecule has 0 aliphatic heterocycles. The van der Waals surface area contributed by atoms with Crippen LogP contribution in [0.25, 0.3) is 11.3 Å². The van der Waals surface area contributed by atoms with Crippen molar-refractivity contribution in [2.45, 2.75) is 6.42 Å². The largest absolute Gasteiger partial charge is 0.497 e. The molecular formula is C19H17N3O4S. The molecule has 1 N–H and O–H groups in total. The summed E-state index contributed by atoms with van der Waals surface area (Å²) < 4.78 is 5.12. The molecule has 0 saturated carbocycles. The fourth-order valence-electron chi connectivity index (χ4n) is 2.46. The summed E-state index contributed by atoms with van der Waals surface area (Å²) in [5.74, 6) is 0.469. The number of thiazole rings is 1. The van der Waals surface area contributed by atoms with Gasteiger partial charge in [-0.1, -0.05) is 6.07 Å². The number of hydrogen-bond donors (Lipinski definition) is 1. The topological polar surface area (TPSA) is 94.4 Å². The normalized spacial score (nSPS) is 10.4. The summed E-state index contributed by atoms with van der Waals surface area (Å²) in [6.45, 7) is 0.462. The summed E-state index contributed by atoms with van der Waals surface area (Å²) in [6.07, 6.45) is 0.605. The van der Waals surface area contributed by atoms with E-state index >= 15 is 0 Å². The Labute approximate surface area is 159 Å². The number of methoxy groups -OCH3 is 1. The molecule has 0 spiro atoms. The van der Waals surface area contributed by atoms with E-state index in [-0.39, 0.29) is 11.6 Å². The lowest BCUT2D eigenvalue weighted by atomic mass is 10.1. The Bertz CT molecular complexity index is 954. The molecular weight excluding hydrogens is 366 g/mol. The number of carbonyl (C=O) groups excluding carboxylic acids is 1. The zero-order chi connectivity index (χ0) is 19.2. The predicted octanol–water partition coefficient (Wildman–Crippen LogP) is 3.70. The van der Waals surface area contributed by atoms with E-state index in [0.29, 0.717) is 24.3 Å². The second-order valence-corrected chi connectivity index (χ2v) is 6.61. The van der Waals surface area contributed by atoms with Gasteiger partial charge in [0.05, 0.1) is 22.7 Å². The summed E-state index contributed by atoms with van der Waals surface area (Å²) in [6, 6.07) is 13.3. The molecule has 0 unspecified atom stereocenters. The van der Waals surface area contributed by atoms with Gasteiger partial charge in [-0.3, -0.25) is 14.9 Å². The number of benzene rings is 2. The van der Waals surface area contributed by atoms with E-state index in [1.807, 2.05) is 5.38 Å². The molecule has 8 heteroatoms. The van der Waals surface area contributed by atoms with Gasteiger partial charge < -0.3 is 10.1 Å². The Hall–Kier alpha value is -3.26. The van der Waals surface area contributed by atoms with Crippen molar-refractivity contribution < 1.29 is 14.5 Å². The smallest absolute Gasteiger partial charge is 0.269 e. The van der Waals surface area contributed by atoms with Crippen LogP contribution < -0.4 is 10.1 Å². The van der Waals surface area contributed by atoms with Gasteiger partial charge in [0.25, 0.3) is 11.6 Å². The first-order valence-corrected chi connectivity index (χ1v) is 9.06. The minimum Gasteiger partial charge on any atom is -0.497 e. The van der Waals surface area contributed by atoms with Crippen LogP contribution in [-0.2, 0) is 6.42 Å². The summed E-state index contributed by atoms with van der Waals surface area (Å²) in [4.78, 5) is 27.0. The maximum Gasteiger partial charge on any atom is 0.269 e. The minimum atomic E-state index is -0.429. The van der Waals surface area contributed by atoms with E-state index < -0.39 is 4.92 Å². The Balaban J connectivity index is 1.56. The highest BCUT2D eigenvalue weighted by atomic mass is 32.1. The number of aromatic nitrogens is 1. The average molecular weight is 383 g/mol. The van der Waals surface area contributed by atoms with E-state index in [0.717, 1.165) is 16.3 Å². The number of ether oxygens (including phenoxy) is 1. The lowest BCUT2D eigenvalue weighted by Gasteiger charge is -2.05. The van der Waals surface area contributed by atoms with Crippen molar-refractivity contribution in [2.75, 3.05) is 13.7 Å². The Morgan fingerprint density at radius 1 is 1.26 bits per heavy atom. The van der Waals surface area contributed by atoms with Gasteiger partial charge in [-0.15, -0.1) is 11.3 Å². The summed E-state index contributed by atoms with van der Waals surface area (Å²) in [7, 11) is 1.56. The number of nitro groups is 1. The van der Waals surface area contributed by atoms with Gasteiger partial charge in [-0.25, -0.2) is 4.98 Å². The highest BCUT2D eigenvalue weighted by Gasteiger charge is 2.10. The van der Waals surface area contributed by atoms with Crippen LogP contribution in [-0.4, -0.2) is 29.5 Å². The lowest BCUT2D eigenvalue weighted by molar-refractivity contribution is -0.384. The first-order chi connectivity index (χ1) is 13.1. The summed E-state index contributed by atoms with van der Waals surface area (Å²) in [5.41, 5.74) is 2.18. The van der Waals surface area contributed by atoms with Crippen LogP contribution in [0.4, 0.5) is 5.69 Å². The van der Waals surface area contributed by atoms with Gasteiger partial charge in [-0.05, 0) is 30.3 Å². The van der Waals surface area contributed by atoms with Crippen LogP contribution in [0.15, 0.2) is 53.9 Å². The highest BCUT2D eigenvalue weighted by Crippen LogP contribution is 2.24. The SMILES string of the molecule is COc1cccc(C(=O)NCCc2nc(-c3ccc([N+](=O)[O-])cc3)cs2)c1. The first-order valence-electron chi connectivity index (χ1n) is 8.18. The monoisotopic (exact) mass is 383 g/mol. The van der Waals surface area contributed by atoms with E-state index in [1.165, 1.54) is 23.5 Å². The van der Waals surface area contributed by atoms with E-state index in [2.05, 4.69) is 10.3 Å². The quantitative estimate of drug-likeness (QED) is 0.496. The van der Waals surface area contributed by atoms with Crippen molar-refractivity contribution >= 4 is 22.9 Å². The molecule has 1 aromatic heterocycles. The number of non-ortho nitro benzene ring substituents is 1. The van der Waals surface area contributed by atoms with Crippen LogP contribution in [0, 0.1) is 10.1 Å². The lowest BCUT2D eigenvalue weighted by Crippen LogP contribution is -2.25. The number of rotatable bonds is 7. The molecule has 0 aliphatic rings. The molecule has 7 nitrogen and oxygen atoms in total. The Morgan fingerprint density at radius 2 is 2.04 bits per heavy atom. The fourth-order valence-corrected chi connectivity index (χ4v) is 3.27. The van der Waals surface area contributed by atoms with Gasteiger partial charge >= 0.3 is 0 Å². The number of hydrogen-bond acceptors (Lipinski definition) is 6. The van der Waals surface area contributed by atoms with E-state index in [1.54, 1.807) is 43.5 Å². The zero-order valence-corrected chi connectivity index (χ0v) is 15.4. The molecule has 1 amide bonds. The third-order valence-corrected chi connectivity index (χ3v) is 4.79. The first kappa shape index (κ1) is 18.5. The molecule has 138 valence electrons. The number of nitrogens with zero attached hydrogens (tertiary/aromatic N) is 2. The molecule has 0 saturated heterocycles. The van der Waals surface area contributed by atoms with Crippen LogP contribution in [0.5, 0.6) is 5.75 Å². The maximum absolute atomic E-state index is 12.2. The molecule has 2 aromatic carbocycles. The number of nitrogens with one attached hydrogen (secondary N) is 1. The second-order valence-electron chi connectivity index (χ2n) is 5.67. The number of carbonyl (C=O) groups is 1. The number of nitro benzene ring substituents is 1. The van der Waals surface area contributed by atoms with Gasteiger partial charge in [0, 0.05) is 41.6 Å². The van der Waals surface area contributed by atoms with Gasteiger partial charge in [0.1, 0.15) is 5.75 Å². The van der Waals surface area contributed by atoms with Crippen molar-refractivity contribution in [3.8, 4) is 17.0 Å². The molecule has 1 heterocycles. The minimum absolute atomic E-state index is 0.0504. The van der Waals surface area contributed by atoms with Crippen LogP contribution >= 0.6 is 11.3 Å². The molecule has 0 aliphatic carbocycles. The zero-order valence-electron chi connectivity index (χ0n) is 14.5. The highest BCUT2D eigenvalue weighted by molar-refractivity contribution is 7.09. The average Bonchev–Trinajstić information content (AvgIpc) is 3.17. The molecule has 3 aromatic rings. The van der Waals surface area contributed by atoms with Crippen molar-refractivity contribution in [1.82, 2.24) is 10.3 Å². The standard InChI is InChI=1S/C19H17N3O4S/c1-26-16-4-2-3-14(11-16)19(23)20-10-9-18-21-17(12-27-18)13-5-7-15(8-6-13)22(24)25/h2-8,11-12H,9-10H2,1H3,(H,20,23). The fraction of sp³-hybridized carbons (Fsp3) is 0.158. The van der Waals surface area contributed by atoms with E-state index in [4.69, 9.17) is 4.74 Å². The Kier molecular flexibility index (Phi) is 5.77. The van der Waals surface area contributed by atoms with Crippen LogP contribution in [0.1, 0.15) is 15.4 Å². The van der Waals surface area contributed by atoms with Crippen molar-refractivity contribution in [3.05, 3.63) is 74.6 Å². The van der Waals surface area contributed by atoms with Gasteiger partial charge in [0.15, 0.2) is 0 Å². The van der Waals surface area contributed by atoms with E-state index in [9.17, 15) is 14.9 Å². The molecule has 3 rings (SSSR count). The molecule has 0 fully saturated rings. The van der Waals surface area contributed by atoms with Gasteiger partial charge in [0.2, 0.25) is 0 Å². The van der Waals surface area contributed by atoms with Crippen LogP contribution in [0.3, 0.4) is 0 Å². The predicted molar refractivity (Wildman–Crippen MR) is 103 cm³/mol. The molecule has 0 bridgehead atoms. The van der Waals surface area contributed by atoms with Crippen molar-refractivity contribution in [2.24, 2.45) is 0 Å². The van der Waals surface area contributed by atoms with Crippen molar-refractivity contribution in [3.63, 3.8) is 0 Å². The molecule has 0 radical (unpaired) electrons. The summed E-state index contributed by atoms with van der Waals surface area (Å²) >= 11 is 1.49. The second kappa shape index (κ2) is 8.41. The maximum atomic E-state index is 12.2. The van der Waals surface area contributed by atoms with Gasteiger partial charge in [-0.2, -0.15) is 0 Å². The Morgan fingerprint density at radius 3 is 2.74 bits per heavy atom. The summed E-state index contributed by atoms with van der Waals surface area (Å²) in [5, 5.41) is 16.4. The number of amides is 1. The molecule has 0 atom stereocenters. The third-order valence-electron chi connectivity index (χ3n) is 3.88.